The van der Waals surface area contributed by atoms with Crippen LogP contribution in [-0.4, -0.2) is 15.6 Å². The minimum atomic E-state index is -0.813. The molecule has 0 aliphatic rings. The molecule has 0 bridgehead atoms. The number of rotatable bonds is 6. The molecular formula is C25H22ClFN4O2. The van der Waals surface area contributed by atoms with Crippen LogP contribution in [0.15, 0.2) is 79.1 Å². The van der Waals surface area contributed by atoms with Crippen molar-refractivity contribution < 1.29 is 13.9 Å². The van der Waals surface area contributed by atoms with Crippen molar-refractivity contribution in [1.29, 1.82) is 0 Å². The molecule has 0 aliphatic carbocycles. The Bertz CT molecular complexity index is 1290. The van der Waals surface area contributed by atoms with Crippen molar-refractivity contribution in [2.75, 3.05) is 5.32 Å². The second-order valence-corrected chi connectivity index (χ2v) is 7.94. The third kappa shape index (κ3) is 5.32. The first-order chi connectivity index (χ1) is 15.9. The number of carbonyl (C=O) groups is 1. The summed E-state index contributed by atoms with van der Waals surface area (Å²) in [5.74, 6) is 1.08. The molecule has 0 spiro atoms. The molecule has 0 saturated carbocycles. The lowest BCUT2D eigenvalue weighted by Gasteiger charge is -2.21. The van der Waals surface area contributed by atoms with E-state index in [1.165, 1.54) is 6.07 Å². The van der Waals surface area contributed by atoms with Crippen molar-refractivity contribution in [3.8, 4) is 11.5 Å². The molecule has 1 atom stereocenters. The molecule has 3 aromatic carbocycles. The van der Waals surface area contributed by atoms with Crippen LogP contribution in [0.4, 0.5) is 14.9 Å². The van der Waals surface area contributed by atoms with Gasteiger partial charge in [0, 0.05) is 30.0 Å². The zero-order valence-electron chi connectivity index (χ0n) is 18.0. The Morgan fingerprint density at radius 1 is 1.12 bits per heavy atom. The topological polar surface area (TPSA) is 68.2 Å². The summed E-state index contributed by atoms with van der Waals surface area (Å²) in [5, 5.41) is 6.01. The van der Waals surface area contributed by atoms with Crippen LogP contribution in [0.2, 0.25) is 5.02 Å². The van der Waals surface area contributed by atoms with Crippen molar-refractivity contribution in [3.05, 3.63) is 107 Å². The lowest BCUT2D eigenvalue weighted by atomic mass is 10.1. The van der Waals surface area contributed by atoms with Gasteiger partial charge >= 0.3 is 6.03 Å². The average molecular weight is 465 g/mol. The second kappa shape index (κ2) is 9.75. The molecule has 1 aromatic heterocycles. The van der Waals surface area contributed by atoms with E-state index in [0.29, 0.717) is 33.6 Å². The van der Waals surface area contributed by atoms with Gasteiger partial charge in [0.15, 0.2) is 5.75 Å². The van der Waals surface area contributed by atoms with E-state index in [1.807, 2.05) is 31.2 Å². The Morgan fingerprint density at radius 3 is 2.67 bits per heavy atom. The van der Waals surface area contributed by atoms with E-state index in [4.69, 9.17) is 16.3 Å². The molecule has 1 heterocycles. The summed E-state index contributed by atoms with van der Waals surface area (Å²) in [6.07, 6.45) is 3.32. The first kappa shape index (κ1) is 22.4. The van der Waals surface area contributed by atoms with E-state index in [-0.39, 0.29) is 0 Å². The minimum Gasteiger partial charge on any atom is -0.455 e. The highest BCUT2D eigenvalue weighted by Gasteiger charge is 2.24. The molecule has 0 aliphatic heterocycles. The maximum atomic E-state index is 14.6. The van der Waals surface area contributed by atoms with Gasteiger partial charge in [-0.2, -0.15) is 0 Å². The summed E-state index contributed by atoms with van der Waals surface area (Å²) in [6, 6.07) is 17.4. The lowest BCUT2D eigenvalue weighted by molar-refractivity contribution is 0.249. The molecular weight excluding hydrogens is 443 g/mol. The number of halogens is 2. The van der Waals surface area contributed by atoms with Crippen LogP contribution in [0.3, 0.4) is 0 Å². The first-order valence-corrected chi connectivity index (χ1v) is 10.6. The van der Waals surface area contributed by atoms with Crippen molar-refractivity contribution in [3.63, 3.8) is 0 Å². The number of nitrogens with zero attached hydrogens (tertiary/aromatic N) is 2. The Labute approximate surface area is 196 Å². The van der Waals surface area contributed by atoms with E-state index in [2.05, 4.69) is 15.6 Å². The van der Waals surface area contributed by atoms with Crippen LogP contribution in [0, 0.1) is 12.7 Å². The highest BCUT2D eigenvalue weighted by Crippen LogP contribution is 2.32. The van der Waals surface area contributed by atoms with Crippen molar-refractivity contribution in [1.82, 2.24) is 14.9 Å². The summed E-state index contributed by atoms with van der Waals surface area (Å²) in [6.45, 7) is 1.96. The summed E-state index contributed by atoms with van der Waals surface area (Å²) in [4.78, 5) is 17.3. The van der Waals surface area contributed by atoms with Gasteiger partial charge in [-0.1, -0.05) is 41.9 Å². The Morgan fingerprint density at radius 2 is 1.94 bits per heavy atom. The van der Waals surface area contributed by atoms with Gasteiger partial charge in [0.1, 0.15) is 23.4 Å². The van der Waals surface area contributed by atoms with E-state index in [1.54, 1.807) is 60.4 Å². The molecule has 2 amide bonds. The molecule has 4 rings (SSSR count). The number of urea groups is 1. The Hall–Kier alpha value is -3.84. The number of nitrogens with one attached hydrogen (secondary N) is 2. The predicted octanol–water partition coefficient (Wildman–Crippen LogP) is 6.22. The lowest BCUT2D eigenvalue weighted by Crippen LogP contribution is -2.35. The van der Waals surface area contributed by atoms with Gasteiger partial charge in [-0.05, 0) is 48.9 Å². The van der Waals surface area contributed by atoms with Crippen LogP contribution < -0.4 is 15.4 Å². The van der Waals surface area contributed by atoms with Crippen molar-refractivity contribution >= 4 is 23.3 Å². The summed E-state index contributed by atoms with van der Waals surface area (Å²) in [5.41, 5.74) is 1.70. The predicted molar refractivity (Wildman–Crippen MR) is 126 cm³/mol. The first-order valence-electron chi connectivity index (χ1n) is 10.2. The number of carbonyl (C=O) groups excluding carboxylic acids is 1. The fraction of sp³-hybridized carbons (Fsp3) is 0.120. The fourth-order valence-electron chi connectivity index (χ4n) is 3.43. The normalized spacial score (nSPS) is 11.6. The third-order valence-corrected chi connectivity index (χ3v) is 5.25. The molecule has 0 saturated heterocycles. The number of amides is 2. The maximum absolute atomic E-state index is 14.6. The van der Waals surface area contributed by atoms with Gasteiger partial charge in [-0.25, -0.2) is 14.2 Å². The number of benzene rings is 3. The van der Waals surface area contributed by atoms with Crippen LogP contribution >= 0.6 is 11.6 Å². The number of anilines is 1. The Kier molecular flexibility index (Phi) is 6.60. The van der Waals surface area contributed by atoms with E-state index >= 15 is 0 Å². The quantitative estimate of drug-likeness (QED) is 0.355. The number of imidazole rings is 1. The minimum absolute atomic E-state index is 0.296. The van der Waals surface area contributed by atoms with E-state index in [9.17, 15) is 9.18 Å². The Balaban J connectivity index is 1.60. The maximum Gasteiger partial charge on any atom is 0.320 e. The molecule has 1 unspecified atom stereocenters. The van der Waals surface area contributed by atoms with E-state index in [0.717, 1.165) is 5.56 Å². The van der Waals surface area contributed by atoms with Crippen molar-refractivity contribution in [2.45, 2.75) is 13.0 Å². The average Bonchev–Trinajstić information content (AvgIpc) is 3.20. The number of hydrogen-bond acceptors (Lipinski definition) is 3. The van der Waals surface area contributed by atoms with Crippen LogP contribution in [0.25, 0.3) is 0 Å². The monoisotopic (exact) mass is 464 g/mol. The summed E-state index contributed by atoms with van der Waals surface area (Å²) < 4.78 is 22.3. The van der Waals surface area contributed by atoms with Gasteiger partial charge in [0.05, 0.1) is 5.69 Å². The van der Waals surface area contributed by atoms with Gasteiger partial charge < -0.3 is 19.9 Å². The molecule has 0 fully saturated rings. The molecule has 33 heavy (non-hydrogen) atoms. The highest BCUT2D eigenvalue weighted by molar-refractivity contribution is 6.31. The zero-order chi connectivity index (χ0) is 23.4. The van der Waals surface area contributed by atoms with Gasteiger partial charge in [0.25, 0.3) is 0 Å². The van der Waals surface area contributed by atoms with Crippen LogP contribution in [0.5, 0.6) is 11.5 Å². The highest BCUT2D eigenvalue weighted by atomic mass is 35.5. The molecule has 2 N–H and O–H groups in total. The number of aromatic nitrogens is 2. The molecule has 168 valence electrons. The second-order valence-electron chi connectivity index (χ2n) is 7.51. The van der Waals surface area contributed by atoms with Crippen LogP contribution in [-0.2, 0) is 7.05 Å². The molecule has 8 heteroatoms. The summed E-state index contributed by atoms with van der Waals surface area (Å²) in [7, 11) is 1.78. The standard InChI is InChI=1S/C25H22ClFN4O2/c1-16-6-5-7-18(14-16)33-22-11-10-17(26)15-21(22)29-25(32)30-23(24-28-12-13-31(24)2)19-8-3-4-9-20(19)27/h3-15,23H,1-2H3,(H2,29,30,32). The zero-order valence-corrected chi connectivity index (χ0v) is 18.8. The number of hydrogen-bond donors (Lipinski definition) is 2. The SMILES string of the molecule is Cc1cccc(Oc2ccc(Cl)cc2NC(=O)NC(c2ccccc2F)c2nccn2C)c1. The van der Waals surface area contributed by atoms with Gasteiger partial charge in [-0.3, -0.25) is 0 Å². The fourth-order valence-corrected chi connectivity index (χ4v) is 3.60. The molecule has 6 nitrogen and oxygen atoms in total. The smallest absolute Gasteiger partial charge is 0.320 e. The largest absolute Gasteiger partial charge is 0.455 e. The van der Waals surface area contributed by atoms with E-state index < -0.39 is 17.9 Å². The summed E-state index contributed by atoms with van der Waals surface area (Å²) >= 11 is 6.16. The molecule has 4 aromatic rings. The number of aryl methyl sites for hydroxylation is 2. The third-order valence-electron chi connectivity index (χ3n) is 5.02. The van der Waals surface area contributed by atoms with Gasteiger partial charge in [0.2, 0.25) is 0 Å². The number of ether oxygens (including phenoxy) is 1. The van der Waals surface area contributed by atoms with Gasteiger partial charge in [-0.15, -0.1) is 0 Å². The molecule has 0 radical (unpaired) electrons. The van der Waals surface area contributed by atoms with Crippen LogP contribution in [0.1, 0.15) is 23.0 Å². The van der Waals surface area contributed by atoms with Crippen molar-refractivity contribution in [2.24, 2.45) is 7.05 Å².